The third-order valence-corrected chi connectivity index (χ3v) is 4.09. The van der Waals surface area contributed by atoms with E-state index in [1.54, 1.807) is 0 Å². The Morgan fingerprint density at radius 3 is 2.91 bits per heavy atom. The zero-order valence-corrected chi connectivity index (χ0v) is 15.7. The van der Waals surface area contributed by atoms with Gasteiger partial charge in [-0.3, -0.25) is 0 Å². The number of imidazole rings is 1. The van der Waals surface area contributed by atoms with E-state index < -0.39 is 0 Å². The van der Waals surface area contributed by atoms with Crippen molar-refractivity contribution in [3.63, 3.8) is 0 Å². The summed E-state index contributed by atoms with van der Waals surface area (Å²) in [5, 5.41) is 0. The average molecular weight is 425 g/mol. The van der Waals surface area contributed by atoms with Crippen LogP contribution in [0.4, 0.5) is 0 Å². The molecule has 2 heterocycles. The number of benzene rings is 1. The summed E-state index contributed by atoms with van der Waals surface area (Å²) in [5.41, 5.74) is 8.25. The van der Waals surface area contributed by atoms with Gasteiger partial charge in [0.1, 0.15) is 12.4 Å². The van der Waals surface area contributed by atoms with E-state index in [-0.39, 0.29) is 24.0 Å². The van der Waals surface area contributed by atoms with Crippen LogP contribution in [0.5, 0.6) is 0 Å². The van der Waals surface area contributed by atoms with Crippen molar-refractivity contribution in [2.24, 2.45) is 16.6 Å². The topological polar surface area (TPSA) is 70.3 Å². The Bertz CT molecular complexity index is 637. The second kappa shape index (κ2) is 8.33. The molecule has 1 aliphatic rings. The lowest BCUT2D eigenvalue weighted by atomic mass is 10.0. The number of nitrogens with zero attached hydrogens (tertiary/aromatic N) is 3. The van der Waals surface area contributed by atoms with Crippen molar-refractivity contribution in [3.05, 3.63) is 42.4 Å². The van der Waals surface area contributed by atoms with Crippen LogP contribution < -0.4 is 5.73 Å². The lowest BCUT2D eigenvalue weighted by Crippen LogP contribution is -2.43. The van der Waals surface area contributed by atoms with Crippen LogP contribution in [0, 0.1) is 5.92 Å². The van der Waals surface area contributed by atoms with Gasteiger partial charge in [0.15, 0.2) is 5.96 Å². The SMILES string of the molecule is CC1CCCN(C(N)=NCc2ncc(-c3ccccc3)[nH]2)C1.I. The fraction of sp³-hybridized carbons (Fsp3) is 0.412. The highest BCUT2D eigenvalue weighted by Crippen LogP contribution is 2.17. The quantitative estimate of drug-likeness (QED) is 0.451. The molecule has 6 heteroatoms. The van der Waals surface area contributed by atoms with Gasteiger partial charge >= 0.3 is 0 Å². The zero-order valence-electron chi connectivity index (χ0n) is 13.4. The van der Waals surface area contributed by atoms with Gasteiger partial charge in [0, 0.05) is 13.1 Å². The minimum Gasteiger partial charge on any atom is -0.370 e. The van der Waals surface area contributed by atoms with Crippen molar-refractivity contribution in [2.45, 2.75) is 26.3 Å². The average Bonchev–Trinajstić information content (AvgIpc) is 3.02. The number of likely N-dealkylation sites (tertiary alicyclic amines) is 1. The summed E-state index contributed by atoms with van der Waals surface area (Å²) in [6.07, 6.45) is 4.32. The van der Waals surface area contributed by atoms with Crippen LogP contribution in [0.25, 0.3) is 11.3 Å². The minimum absolute atomic E-state index is 0. The first-order valence-electron chi connectivity index (χ1n) is 7.86. The molecule has 0 radical (unpaired) electrons. The summed E-state index contributed by atoms with van der Waals surface area (Å²) >= 11 is 0. The summed E-state index contributed by atoms with van der Waals surface area (Å²) < 4.78 is 0. The van der Waals surface area contributed by atoms with E-state index >= 15 is 0 Å². The molecule has 1 fully saturated rings. The molecule has 1 aromatic heterocycles. The number of hydrogen-bond acceptors (Lipinski definition) is 2. The molecule has 0 aliphatic carbocycles. The molecule has 1 aromatic carbocycles. The highest BCUT2D eigenvalue weighted by molar-refractivity contribution is 14.0. The molecule has 0 amide bonds. The van der Waals surface area contributed by atoms with Gasteiger partial charge in [-0.05, 0) is 24.3 Å². The lowest BCUT2D eigenvalue weighted by Gasteiger charge is -2.31. The third kappa shape index (κ3) is 4.70. The Hall–Kier alpha value is -1.57. The van der Waals surface area contributed by atoms with Crippen molar-refractivity contribution < 1.29 is 0 Å². The Labute approximate surface area is 154 Å². The number of nitrogens with one attached hydrogen (secondary N) is 1. The van der Waals surface area contributed by atoms with Crippen LogP contribution in [-0.2, 0) is 6.54 Å². The number of hydrogen-bond donors (Lipinski definition) is 2. The predicted octanol–water partition coefficient (Wildman–Crippen LogP) is 3.24. The highest BCUT2D eigenvalue weighted by Gasteiger charge is 2.17. The summed E-state index contributed by atoms with van der Waals surface area (Å²) in [6.45, 7) is 4.76. The van der Waals surface area contributed by atoms with E-state index in [4.69, 9.17) is 5.73 Å². The van der Waals surface area contributed by atoms with Crippen LogP contribution in [0.2, 0.25) is 0 Å². The molecule has 23 heavy (non-hydrogen) atoms. The van der Waals surface area contributed by atoms with Gasteiger partial charge in [-0.25, -0.2) is 9.98 Å². The monoisotopic (exact) mass is 425 g/mol. The molecule has 0 saturated carbocycles. The summed E-state index contributed by atoms with van der Waals surface area (Å²) in [5.74, 6) is 2.16. The third-order valence-electron chi connectivity index (χ3n) is 4.09. The molecule has 1 aliphatic heterocycles. The fourth-order valence-corrected chi connectivity index (χ4v) is 2.86. The number of guanidine groups is 1. The van der Waals surface area contributed by atoms with Crippen molar-refractivity contribution in [2.75, 3.05) is 13.1 Å². The molecule has 1 atom stereocenters. The van der Waals surface area contributed by atoms with E-state index in [9.17, 15) is 0 Å². The number of aromatic nitrogens is 2. The Balaban J connectivity index is 0.00000192. The van der Waals surface area contributed by atoms with Gasteiger partial charge in [0.2, 0.25) is 0 Å². The maximum Gasteiger partial charge on any atom is 0.191 e. The first kappa shape index (κ1) is 17.8. The maximum atomic E-state index is 6.11. The Kier molecular flexibility index (Phi) is 6.44. The van der Waals surface area contributed by atoms with Crippen LogP contribution >= 0.6 is 24.0 Å². The zero-order chi connectivity index (χ0) is 15.4. The highest BCUT2D eigenvalue weighted by atomic mass is 127. The smallest absolute Gasteiger partial charge is 0.191 e. The molecule has 5 nitrogen and oxygen atoms in total. The second-order valence-corrected chi connectivity index (χ2v) is 5.98. The maximum absolute atomic E-state index is 6.11. The standard InChI is InChI=1S/C17H23N5.HI/c1-13-6-5-9-22(12-13)17(18)20-11-16-19-10-15(21-16)14-7-3-2-4-8-14;/h2-4,7-8,10,13H,5-6,9,11-12H2,1H3,(H2,18,20)(H,19,21);1H. The molecular formula is C17H24IN5. The molecule has 1 saturated heterocycles. The second-order valence-electron chi connectivity index (χ2n) is 5.98. The van der Waals surface area contributed by atoms with E-state index in [1.807, 2.05) is 24.4 Å². The molecular weight excluding hydrogens is 401 g/mol. The van der Waals surface area contributed by atoms with E-state index in [0.29, 0.717) is 18.4 Å². The molecule has 0 bridgehead atoms. The number of piperidine rings is 1. The van der Waals surface area contributed by atoms with E-state index in [2.05, 4.69) is 38.9 Å². The summed E-state index contributed by atoms with van der Waals surface area (Å²) in [7, 11) is 0. The molecule has 3 N–H and O–H groups in total. The molecule has 0 spiro atoms. The van der Waals surface area contributed by atoms with Gasteiger partial charge < -0.3 is 15.6 Å². The molecule has 1 unspecified atom stereocenters. The van der Waals surface area contributed by atoms with Gasteiger partial charge in [0.25, 0.3) is 0 Å². The van der Waals surface area contributed by atoms with Crippen molar-refractivity contribution in [1.82, 2.24) is 14.9 Å². The van der Waals surface area contributed by atoms with Gasteiger partial charge in [-0.15, -0.1) is 24.0 Å². The van der Waals surface area contributed by atoms with E-state index in [0.717, 1.165) is 30.2 Å². The number of H-pyrrole nitrogens is 1. The fourth-order valence-electron chi connectivity index (χ4n) is 2.86. The minimum atomic E-state index is 0. The van der Waals surface area contributed by atoms with Gasteiger partial charge in [0.05, 0.1) is 11.9 Å². The number of aliphatic imine (C=N–C) groups is 1. The Morgan fingerprint density at radius 2 is 2.17 bits per heavy atom. The largest absolute Gasteiger partial charge is 0.370 e. The Morgan fingerprint density at radius 1 is 1.39 bits per heavy atom. The number of rotatable bonds is 3. The normalized spacial score (nSPS) is 18.6. The predicted molar refractivity (Wildman–Crippen MR) is 105 cm³/mol. The molecule has 124 valence electrons. The number of halogens is 1. The van der Waals surface area contributed by atoms with Crippen molar-refractivity contribution in [3.8, 4) is 11.3 Å². The molecule has 3 rings (SSSR count). The first-order valence-corrected chi connectivity index (χ1v) is 7.86. The van der Waals surface area contributed by atoms with E-state index in [1.165, 1.54) is 12.8 Å². The number of nitrogens with two attached hydrogens (primary N) is 1. The summed E-state index contributed by atoms with van der Waals surface area (Å²) in [6, 6.07) is 10.2. The summed E-state index contributed by atoms with van der Waals surface area (Å²) in [4.78, 5) is 14.4. The van der Waals surface area contributed by atoms with Crippen LogP contribution in [0.15, 0.2) is 41.5 Å². The van der Waals surface area contributed by atoms with Gasteiger partial charge in [-0.2, -0.15) is 0 Å². The lowest BCUT2D eigenvalue weighted by molar-refractivity contribution is 0.270. The van der Waals surface area contributed by atoms with Crippen molar-refractivity contribution >= 4 is 29.9 Å². The van der Waals surface area contributed by atoms with Gasteiger partial charge in [-0.1, -0.05) is 37.3 Å². The van der Waals surface area contributed by atoms with Crippen LogP contribution in [0.3, 0.4) is 0 Å². The number of aromatic amines is 1. The van der Waals surface area contributed by atoms with Crippen LogP contribution in [-0.4, -0.2) is 33.9 Å². The van der Waals surface area contributed by atoms with Crippen LogP contribution in [0.1, 0.15) is 25.6 Å². The molecule has 2 aromatic rings. The van der Waals surface area contributed by atoms with Crippen molar-refractivity contribution in [1.29, 1.82) is 0 Å². The first-order chi connectivity index (χ1) is 10.7.